The molecule has 0 heterocycles. The topological polar surface area (TPSA) is 63.2 Å². The van der Waals surface area contributed by atoms with E-state index in [4.69, 9.17) is 0 Å². The molecular formula is C11H11NO3. The van der Waals surface area contributed by atoms with E-state index in [2.05, 4.69) is 5.32 Å². The van der Waals surface area contributed by atoms with Crippen molar-refractivity contribution in [2.45, 2.75) is 13.8 Å². The zero-order valence-electron chi connectivity index (χ0n) is 8.53. The second kappa shape index (κ2) is 4.50. The summed E-state index contributed by atoms with van der Waals surface area (Å²) in [5, 5.41) is 2.53. The molecule has 0 atom stereocenters. The Labute approximate surface area is 87.3 Å². The maximum atomic E-state index is 10.9. The molecule has 1 rings (SSSR count). The average molecular weight is 205 g/mol. The predicted molar refractivity (Wildman–Crippen MR) is 56.3 cm³/mol. The number of anilines is 1. The molecule has 78 valence electrons. The molecular weight excluding hydrogens is 194 g/mol. The first-order chi connectivity index (χ1) is 7.08. The van der Waals surface area contributed by atoms with Crippen LogP contribution < -0.4 is 5.32 Å². The van der Waals surface area contributed by atoms with E-state index in [9.17, 15) is 14.4 Å². The maximum Gasteiger partial charge on any atom is 0.221 e. The normalized spacial score (nSPS) is 9.47. The summed E-state index contributed by atoms with van der Waals surface area (Å²) < 4.78 is 0. The highest BCUT2D eigenvalue weighted by atomic mass is 16.1. The molecule has 1 N–H and O–H groups in total. The molecule has 1 aromatic rings. The third-order valence-corrected chi connectivity index (χ3v) is 2.00. The van der Waals surface area contributed by atoms with Gasteiger partial charge in [0.2, 0.25) is 5.91 Å². The average Bonchev–Trinajstić information content (AvgIpc) is 2.17. The van der Waals surface area contributed by atoms with Crippen LogP contribution in [0.4, 0.5) is 5.69 Å². The van der Waals surface area contributed by atoms with Crippen LogP contribution in [-0.4, -0.2) is 18.5 Å². The molecule has 1 amide bonds. The molecule has 0 spiro atoms. The third kappa shape index (κ3) is 2.49. The number of benzene rings is 1. The summed E-state index contributed by atoms with van der Waals surface area (Å²) in [4.78, 5) is 32.2. The first-order valence-corrected chi connectivity index (χ1v) is 4.41. The summed E-state index contributed by atoms with van der Waals surface area (Å²) in [6.07, 6.45) is 1.29. The summed E-state index contributed by atoms with van der Waals surface area (Å²) in [5.41, 5.74) is 1.91. The van der Waals surface area contributed by atoms with Crippen LogP contribution in [-0.2, 0) is 4.79 Å². The lowest BCUT2D eigenvalue weighted by atomic mass is 10.0. The van der Waals surface area contributed by atoms with Crippen molar-refractivity contribution >= 4 is 24.2 Å². The highest BCUT2D eigenvalue weighted by molar-refractivity contribution is 5.97. The fourth-order valence-electron chi connectivity index (χ4n) is 1.26. The highest BCUT2D eigenvalue weighted by Crippen LogP contribution is 2.18. The fraction of sp³-hybridized carbons (Fsp3) is 0.182. The zero-order chi connectivity index (χ0) is 11.4. The molecule has 0 aromatic heterocycles. The standard InChI is InChI=1S/C11H11NO3/c1-7-3-11(12-8(2)15)10(6-14)4-9(7)5-13/h3-6H,1-2H3,(H,12,15). The lowest BCUT2D eigenvalue weighted by molar-refractivity contribution is -0.114. The Hall–Kier alpha value is -1.97. The molecule has 0 fully saturated rings. The van der Waals surface area contributed by atoms with Gasteiger partial charge in [0.1, 0.15) is 6.29 Å². The lowest BCUT2D eigenvalue weighted by Crippen LogP contribution is -2.09. The number of hydrogen-bond acceptors (Lipinski definition) is 3. The Balaban J connectivity index is 3.26. The number of carbonyl (C=O) groups excluding carboxylic acids is 3. The monoisotopic (exact) mass is 205 g/mol. The molecule has 0 aliphatic heterocycles. The number of nitrogens with one attached hydrogen (secondary N) is 1. The van der Waals surface area contributed by atoms with Gasteiger partial charge in [-0.1, -0.05) is 0 Å². The molecule has 4 nitrogen and oxygen atoms in total. The first-order valence-electron chi connectivity index (χ1n) is 4.41. The second-order valence-electron chi connectivity index (χ2n) is 3.21. The minimum Gasteiger partial charge on any atom is -0.326 e. The van der Waals surface area contributed by atoms with Crippen molar-refractivity contribution in [2.75, 3.05) is 5.32 Å². The maximum absolute atomic E-state index is 10.9. The molecule has 1 aromatic carbocycles. The van der Waals surface area contributed by atoms with Crippen LogP contribution in [0.15, 0.2) is 12.1 Å². The van der Waals surface area contributed by atoms with Crippen molar-refractivity contribution in [3.05, 3.63) is 28.8 Å². The van der Waals surface area contributed by atoms with Gasteiger partial charge in [-0.05, 0) is 24.6 Å². The second-order valence-corrected chi connectivity index (χ2v) is 3.21. The lowest BCUT2D eigenvalue weighted by Gasteiger charge is -2.08. The van der Waals surface area contributed by atoms with Crippen molar-refractivity contribution in [3.8, 4) is 0 Å². The van der Waals surface area contributed by atoms with E-state index < -0.39 is 0 Å². The molecule has 0 aliphatic rings. The summed E-state index contributed by atoms with van der Waals surface area (Å²) in [6.45, 7) is 3.10. The molecule has 15 heavy (non-hydrogen) atoms. The summed E-state index contributed by atoms with van der Waals surface area (Å²) >= 11 is 0. The number of rotatable bonds is 3. The fourth-order valence-corrected chi connectivity index (χ4v) is 1.26. The van der Waals surface area contributed by atoms with Crippen molar-refractivity contribution in [2.24, 2.45) is 0 Å². The molecule has 0 radical (unpaired) electrons. The van der Waals surface area contributed by atoms with Crippen LogP contribution >= 0.6 is 0 Å². The van der Waals surface area contributed by atoms with Gasteiger partial charge >= 0.3 is 0 Å². The van der Waals surface area contributed by atoms with Crippen LogP contribution in [0.5, 0.6) is 0 Å². The smallest absolute Gasteiger partial charge is 0.221 e. The largest absolute Gasteiger partial charge is 0.326 e. The van der Waals surface area contributed by atoms with Crippen LogP contribution in [0.1, 0.15) is 33.2 Å². The summed E-state index contributed by atoms with van der Waals surface area (Å²) in [6, 6.07) is 3.06. The van der Waals surface area contributed by atoms with Crippen LogP contribution in [0.3, 0.4) is 0 Å². The Morgan fingerprint density at radius 2 is 1.80 bits per heavy atom. The minimum absolute atomic E-state index is 0.253. The van der Waals surface area contributed by atoms with Crippen molar-refractivity contribution in [3.63, 3.8) is 0 Å². The van der Waals surface area contributed by atoms with E-state index in [1.165, 1.54) is 13.0 Å². The van der Waals surface area contributed by atoms with Gasteiger partial charge in [0.25, 0.3) is 0 Å². The van der Waals surface area contributed by atoms with Crippen molar-refractivity contribution in [1.82, 2.24) is 0 Å². The number of carbonyl (C=O) groups is 3. The van der Waals surface area contributed by atoms with Crippen LogP contribution in [0.2, 0.25) is 0 Å². The van der Waals surface area contributed by atoms with Crippen LogP contribution in [0, 0.1) is 6.92 Å². The number of aldehydes is 2. The Bertz CT molecular complexity index is 424. The minimum atomic E-state index is -0.253. The van der Waals surface area contributed by atoms with Gasteiger partial charge in [0, 0.05) is 18.1 Å². The van der Waals surface area contributed by atoms with E-state index in [-0.39, 0.29) is 5.91 Å². The molecule has 0 saturated carbocycles. The number of amides is 1. The molecule has 0 saturated heterocycles. The van der Waals surface area contributed by atoms with E-state index in [0.717, 1.165) is 5.56 Å². The van der Waals surface area contributed by atoms with E-state index >= 15 is 0 Å². The summed E-state index contributed by atoms with van der Waals surface area (Å²) in [7, 11) is 0. The van der Waals surface area contributed by atoms with Gasteiger partial charge < -0.3 is 5.32 Å². The Morgan fingerprint density at radius 3 is 2.27 bits per heavy atom. The first kappa shape index (κ1) is 11.1. The Kier molecular flexibility index (Phi) is 3.33. The van der Waals surface area contributed by atoms with Crippen LogP contribution in [0.25, 0.3) is 0 Å². The van der Waals surface area contributed by atoms with Gasteiger partial charge in [-0.3, -0.25) is 14.4 Å². The van der Waals surface area contributed by atoms with Gasteiger partial charge in [0.15, 0.2) is 6.29 Å². The Morgan fingerprint density at radius 1 is 1.20 bits per heavy atom. The quantitative estimate of drug-likeness (QED) is 0.762. The zero-order valence-corrected chi connectivity index (χ0v) is 8.53. The highest BCUT2D eigenvalue weighted by Gasteiger charge is 2.07. The van der Waals surface area contributed by atoms with Gasteiger partial charge in [-0.15, -0.1) is 0 Å². The van der Waals surface area contributed by atoms with Gasteiger partial charge in [-0.2, -0.15) is 0 Å². The summed E-state index contributed by atoms with van der Waals surface area (Å²) in [5.74, 6) is -0.253. The van der Waals surface area contributed by atoms with Gasteiger partial charge in [-0.25, -0.2) is 0 Å². The van der Waals surface area contributed by atoms with Gasteiger partial charge in [0.05, 0.1) is 5.69 Å². The van der Waals surface area contributed by atoms with Crippen molar-refractivity contribution < 1.29 is 14.4 Å². The van der Waals surface area contributed by atoms with E-state index in [1.54, 1.807) is 13.0 Å². The molecule has 0 aliphatic carbocycles. The molecule has 0 bridgehead atoms. The molecule has 4 heteroatoms. The predicted octanol–water partition coefficient (Wildman–Crippen LogP) is 1.58. The SMILES string of the molecule is CC(=O)Nc1cc(C)c(C=O)cc1C=O. The molecule has 0 unspecified atom stereocenters. The van der Waals surface area contributed by atoms with E-state index in [0.29, 0.717) is 29.4 Å². The van der Waals surface area contributed by atoms with Crippen molar-refractivity contribution in [1.29, 1.82) is 0 Å². The number of aryl methyl sites for hydroxylation is 1. The van der Waals surface area contributed by atoms with E-state index in [1.807, 2.05) is 0 Å². The third-order valence-electron chi connectivity index (χ3n) is 2.00. The number of hydrogen-bond donors (Lipinski definition) is 1.